The summed E-state index contributed by atoms with van der Waals surface area (Å²) in [7, 11) is 0. The molecule has 1 saturated heterocycles. The highest BCUT2D eigenvalue weighted by molar-refractivity contribution is 5.93. The summed E-state index contributed by atoms with van der Waals surface area (Å²) >= 11 is 0. The van der Waals surface area contributed by atoms with Gasteiger partial charge in [0.25, 0.3) is 5.91 Å². The average Bonchev–Trinajstić information content (AvgIpc) is 3.05. The number of amides is 1. The summed E-state index contributed by atoms with van der Waals surface area (Å²) in [6.07, 6.45) is 1.65. The molecular weight excluding hydrogens is 306 g/mol. The van der Waals surface area contributed by atoms with Crippen molar-refractivity contribution in [3.05, 3.63) is 41.6 Å². The van der Waals surface area contributed by atoms with E-state index in [0.29, 0.717) is 18.8 Å². The first-order valence-corrected chi connectivity index (χ1v) is 8.16. The molecule has 6 nitrogen and oxygen atoms in total. The lowest BCUT2D eigenvalue weighted by molar-refractivity contribution is -0.138. The van der Waals surface area contributed by atoms with Crippen LogP contribution in [-0.4, -0.2) is 45.2 Å². The van der Waals surface area contributed by atoms with E-state index in [2.05, 4.69) is 10.2 Å². The van der Waals surface area contributed by atoms with Gasteiger partial charge in [-0.25, -0.2) is 0 Å². The fraction of sp³-hybridized carbons (Fsp3) is 0.389. The number of H-pyrrole nitrogens is 1. The number of rotatable bonds is 4. The SMILES string of the molecule is Cc1ccc(-c2cc(C(=O)N3CCC(CC(=O)O)CC3)[nH]n2)cc1. The highest BCUT2D eigenvalue weighted by atomic mass is 16.4. The van der Waals surface area contributed by atoms with Crippen LogP contribution in [0.5, 0.6) is 0 Å². The number of aromatic nitrogens is 2. The van der Waals surface area contributed by atoms with Crippen LogP contribution in [0.15, 0.2) is 30.3 Å². The minimum atomic E-state index is -0.768. The zero-order valence-electron chi connectivity index (χ0n) is 13.7. The van der Waals surface area contributed by atoms with Crippen LogP contribution >= 0.6 is 0 Å². The fourth-order valence-corrected chi connectivity index (χ4v) is 3.06. The summed E-state index contributed by atoms with van der Waals surface area (Å²) in [6, 6.07) is 9.77. The fourth-order valence-electron chi connectivity index (χ4n) is 3.06. The van der Waals surface area contributed by atoms with Gasteiger partial charge in [-0.2, -0.15) is 5.10 Å². The molecule has 1 aromatic heterocycles. The Hall–Kier alpha value is -2.63. The maximum Gasteiger partial charge on any atom is 0.303 e. The van der Waals surface area contributed by atoms with Crippen molar-refractivity contribution in [3.63, 3.8) is 0 Å². The summed E-state index contributed by atoms with van der Waals surface area (Å²) in [5.74, 6) is -0.679. The predicted octanol–water partition coefficient (Wildman–Crippen LogP) is 2.71. The molecule has 24 heavy (non-hydrogen) atoms. The first-order chi connectivity index (χ1) is 11.5. The minimum Gasteiger partial charge on any atom is -0.481 e. The van der Waals surface area contributed by atoms with E-state index in [4.69, 9.17) is 5.11 Å². The lowest BCUT2D eigenvalue weighted by Crippen LogP contribution is -2.39. The molecule has 0 spiro atoms. The molecule has 0 saturated carbocycles. The van der Waals surface area contributed by atoms with Gasteiger partial charge in [0.15, 0.2) is 0 Å². The molecule has 0 aliphatic carbocycles. The van der Waals surface area contributed by atoms with Crippen molar-refractivity contribution in [3.8, 4) is 11.3 Å². The van der Waals surface area contributed by atoms with E-state index in [1.807, 2.05) is 31.2 Å². The van der Waals surface area contributed by atoms with Crippen molar-refractivity contribution >= 4 is 11.9 Å². The van der Waals surface area contributed by atoms with Gasteiger partial charge in [0.1, 0.15) is 5.69 Å². The average molecular weight is 327 g/mol. The number of carbonyl (C=O) groups is 2. The molecule has 2 N–H and O–H groups in total. The quantitative estimate of drug-likeness (QED) is 0.904. The maximum atomic E-state index is 12.6. The molecule has 1 fully saturated rings. The molecule has 1 aliphatic rings. The zero-order chi connectivity index (χ0) is 17.1. The van der Waals surface area contributed by atoms with Gasteiger partial charge in [0, 0.05) is 25.1 Å². The van der Waals surface area contributed by atoms with E-state index in [0.717, 1.165) is 24.1 Å². The van der Waals surface area contributed by atoms with Gasteiger partial charge < -0.3 is 10.0 Å². The first kappa shape index (κ1) is 16.2. The maximum absolute atomic E-state index is 12.6. The number of nitrogens with one attached hydrogen (secondary N) is 1. The molecule has 126 valence electrons. The molecule has 2 heterocycles. The van der Waals surface area contributed by atoms with Crippen LogP contribution in [0, 0.1) is 12.8 Å². The third kappa shape index (κ3) is 3.64. The number of carboxylic acid groups (broad SMARTS) is 1. The molecule has 0 atom stereocenters. The van der Waals surface area contributed by atoms with Crippen molar-refractivity contribution in [2.75, 3.05) is 13.1 Å². The number of benzene rings is 1. The van der Waals surface area contributed by atoms with Crippen LogP contribution in [0.1, 0.15) is 35.3 Å². The molecular formula is C18H21N3O3. The summed E-state index contributed by atoms with van der Waals surface area (Å²) in [5, 5.41) is 15.9. The molecule has 2 aromatic rings. The van der Waals surface area contributed by atoms with Crippen molar-refractivity contribution in [1.82, 2.24) is 15.1 Å². The Morgan fingerprint density at radius 2 is 1.92 bits per heavy atom. The van der Waals surface area contributed by atoms with E-state index in [1.54, 1.807) is 11.0 Å². The van der Waals surface area contributed by atoms with Crippen LogP contribution in [0.25, 0.3) is 11.3 Å². The second-order valence-electron chi connectivity index (χ2n) is 6.37. The Morgan fingerprint density at radius 1 is 1.25 bits per heavy atom. The summed E-state index contributed by atoms with van der Waals surface area (Å²) in [4.78, 5) is 25.1. The highest BCUT2D eigenvalue weighted by Gasteiger charge is 2.26. The molecule has 0 radical (unpaired) electrons. The van der Waals surface area contributed by atoms with Gasteiger partial charge in [0.2, 0.25) is 0 Å². The Labute approximate surface area is 140 Å². The number of aryl methyl sites for hydroxylation is 1. The number of aliphatic carboxylic acids is 1. The Morgan fingerprint density at radius 3 is 2.54 bits per heavy atom. The van der Waals surface area contributed by atoms with E-state index in [1.165, 1.54) is 5.56 Å². The molecule has 1 aromatic carbocycles. The Bertz CT molecular complexity index is 728. The lowest BCUT2D eigenvalue weighted by Gasteiger charge is -2.30. The van der Waals surface area contributed by atoms with Crippen LogP contribution in [0.2, 0.25) is 0 Å². The van der Waals surface area contributed by atoms with Crippen molar-refractivity contribution in [2.45, 2.75) is 26.2 Å². The van der Waals surface area contributed by atoms with Gasteiger partial charge in [-0.1, -0.05) is 29.8 Å². The van der Waals surface area contributed by atoms with E-state index in [-0.39, 0.29) is 18.2 Å². The summed E-state index contributed by atoms with van der Waals surface area (Å²) < 4.78 is 0. The molecule has 6 heteroatoms. The third-order valence-electron chi connectivity index (χ3n) is 4.52. The smallest absolute Gasteiger partial charge is 0.303 e. The Balaban J connectivity index is 1.64. The van der Waals surface area contributed by atoms with E-state index in [9.17, 15) is 9.59 Å². The van der Waals surface area contributed by atoms with Crippen LogP contribution in [0.4, 0.5) is 0 Å². The number of carbonyl (C=O) groups excluding carboxylic acids is 1. The standard InChI is InChI=1S/C18H21N3O3/c1-12-2-4-14(5-3-12)15-11-16(20-19-15)18(24)21-8-6-13(7-9-21)10-17(22)23/h2-5,11,13H,6-10H2,1H3,(H,19,20)(H,22,23). The van der Waals surface area contributed by atoms with E-state index < -0.39 is 5.97 Å². The monoisotopic (exact) mass is 327 g/mol. The number of hydrogen-bond donors (Lipinski definition) is 2. The lowest BCUT2D eigenvalue weighted by atomic mass is 9.93. The molecule has 0 unspecified atom stereocenters. The second-order valence-corrected chi connectivity index (χ2v) is 6.37. The van der Waals surface area contributed by atoms with Crippen molar-refractivity contribution in [2.24, 2.45) is 5.92 Å². The molecule has 0 bridgehead atoms. The zero-order valence-corrected chi connectivity index (χ0v) is 13.7. The summed E-state index contributed by atoms with van der Waals surface area (Å²) in [5.41, 5.74) is 3.37. The Kier molecular flexibility index (Phi) is 4.64. The normalized spacial score (nSPS) is 15.5. The molecule has 1 amide bonds. The minimum absolute atomic E-state index is 0.0744. The number of nitrogens with zero attached hydrogens (tertiary/aromatic N) is 2. The van der Waals surface area contributed by atoms with Gasteiger partial charge in [-0.05, 0) is 31.7 Å². The van der Waals surface area contributed by atoms with Crippen LogP contribution < -0.4 is 0 Å². The molecule has 3 rings (SSSR count). The molecule has 1 aliphatic heterocycles. The number of aromatic amines is 1. The highest BCUT2D eigenvalue weighted by Crippen LogP contribution is 2.23. The number of carboxylic acids is 1. The topological polar surface area (TPSA) is 86.3 Å². The number of piperidine rings is 1. The van der Waals surface area contributed by atoms with Gasteiger partial charge >= 0.3 is 5.97 Å². The van der Waals surface area contributed by atoms with E-state index >= 15 is 0 Å². The predicted molar refractivity (Wildman–Crippen MR) is 89.6 cm³/mol. The largest absolute Gasteiger partial charge is 0.481 e. The van der Waals surface area contributed by atoms with Crippen LogP contribution in [-0.2, 0) is 4.79 Å². The van der Waals surface area contributed by atoms with Crippen molar-refractivity contribution in [1.29, 1.82) is 0 Å². The first-order valence-electron chi connectivity index (χ1n) is 8.16. The third-order valence-corrected chi connectivity index (χ3v) is 4.52. The van der Waals surface area contributed by atoms with Gasteiger partial charge in [-0.15, -0.1) is 0 Å². The van der Waals surface area contributed by atoms with Crippen LogP contribution in [0.3, 0.4) is 0 Å². The van der Waals surface area contributed by atoms with Gasteiger partial charge in [-0.3, -0.25) is 14.7 Å². The van der Waals surface area contributed by atoms with Gasteiger partial charge in [0.05, 0.1) is 5.69 Å². The second kappa shape index (κ2) is 6.86. The number of likely N-dealkylation sites (tertiary alicyclic amines) is 1. The summed E-state index contributed by atoms with van der Waals surface area (Å²) in [6.45, 7) is 3.21. The van der Waals surface area contributed by atoms with Crippen molar-refractivity contribution < 1.29 is 14.7 Å². The number of hydrogen-bond acceptors (Lipinski definition) is 3.